The fraction of sp³-hybridized carbons (Fsp3) is 0.0286. The summed E-state index contributed by atoms with van der Waals surface area (Å²) < 4.78 is 0. The third-order valence-electron chi connectivity index (χ3n) is 14.6. The van der Waals surface area contributed by atoms with Crippen LogP contribution in [0.15, 0.2) is 267 Å². The van der Waals surface area contributed by atoms with Crippen molar-refractivity contribution in [3.8, 4) is 66.8 Å². The molecule has 13 rings (SSSR count). The molecule has 0 bridgehead atoms. The Bertz CT molecular complexity index is 3700. The highest BCUT2D eigenvalue weighted by Crippen LogP contribution is 2.66. The fourth-order valence-electron chi connectivity index (χ4n) is 11.4. The summed E-state index contributed by atoms with van der Waals surface area (Å²) in [4.78, 5) is 4.84. The van der Waals surface area contributed by atoms with Crippen LogP contribution < -0.4 is 9.80 Å². The highest BCUT2D eigenvalue weighted by atomic mass is 15.1. The molecule has 0 fully saturated rings. The van der Waals surface area contributed by atoms with Crippen molar-refractivity contribution in [3.63, 3.8) is 0 Å². The molecule has 0 saturated carbocycles. The molecule has 2 nitrogen and oxygen atoms in total. The number of hydrogen-bond acceptors (Lipinski definition) is 2. The first-order valence-electron chi connectivity index (χ1n) is 24.9. The molecule has 12 aromatic rings. The predicted octanol–water partition coefficient (Wildman–Crippen LogP) is 19.9. The highest BCUT2D eigenvalue weighted by molar-refractivity contribution is 6.33. The van der Waals surface area contributed by atoms with Gasteiger partial charge in [-0.1, -0.05) is 206 Å². The van der Waals surface area contributed by atoms with Crippen molar-refractivity contribution in [2.24, 2.45) is 0 Å². The van der Waals surface area contributed by atoms with Gasteiger partial charge in [0.2, 0.25) is 0 Å². The summed E-state index contributed by atoms with van der Waals surface area (Å²) in [7, 11) is 0. The van der Waals surface area contributed by atoms with Crippen LogP contribution in [0.4, 0.5) is 34.1 Å². The van der Waals surface area contributed by atoms with E-state index >= 15 is 0 Å². The molecule has 12 aromatic carbocycles. The van der Waals surface area contributed by atoms with Crippen LogP contribution in [0, 0.1) is 13.8 Å². The maximum atomic E-state index is 2.46. The third-order valence-corrected chi connectivity index (χ3v) is 14.6. The van der Waals surface area contributed by atoms with Gasteiger partial charge in [-0.05, 0) is 174 Å². The molecular formula is C70H50N2. The minimum absolute atomic E-state index is 1.10. The van der Waals surface area contributed by atoms with Crippen molar-refractivity contribution in [1.29, 1.82) is 0 Å². The zero-order valence-corrected chi connectivity index (χ0v) is 40.3. The summed E-state index contributed by atoms with van der Waals surface area (Å²) in [6.45, 7) is 4.42. The molecule has 1 aliphatic rings. The summed E-state index contributed by atoms with van der Waals surface area (Å²) in [6, 6.07) is 97.8. The van der Waals surface area contributed by atoms with Gasteiger partial charge >= 0.3 is 0 Å². The van der Waals surface area contributed by atoms with E-state index in [0.29, 0.717) is 0 Å². The van der Waals surface area contributed by atoms with Gasteiger partial charge < -0.3 is 9.80 Å². The smallest absolute Gasteiger partial charge is 0.0490 e. The average molecular weight is 919 g/mol. The van der Waals surface area contributed by atoms with Gasteiger partial charge in [-0.3, -0.25) is 0 Å². The van der Waals surface area contributed by atoms with E-state index in [0.717, 1.165) is 34.1 Å². The number of rotatable bonds is 10. The Labute approximate surface area is 422 Å². The van der Waals surface area contributed by atoms with Crippen LogP contribution in [0.3, 0.4) is 0 Å². The van der Waals surface area contributed by atoms with E-state index in [1.807, 2.05) is 0 Å². The second kappa shape index (κ2) is 17.9. The summed E-state index contributed by atoms with van der Waals surface area (Å²) in [5, 5.41) is 4.86. The van der Waals surface area contributed by atoms with E-state index in [1.165, 1.54) is 99.4 Å². The summed E-state index contributed by atoms with van der Waals surface area (Å²) >= 11 is 0. The Balaban J connectivity index is 1.20. The molecular weight excluding hydrogens is 869 g/mol. The molecule has 0 saturated heterocycles. The van der Waals surface area contributed by atoms with Gasteiger partial charge in [-0.15, -0.1) is 0 Å². The molecule has 0 amide bonds. The number of nitrogens with zero attached hydrogens (tertiary/aromatic N) is 2. The molecule has 0 N–H and O–H groups in total. The number of hydrogen-bond donors (Lipinski definition) is 0. The monoisotopic (exact) mass is 918 g/mol. The van der Waals surface area contributed by atoms with Crippen molar-refractivity contribution < 1.29 is 0 Å². The molecule has 0 unspecified atom stereocenters. The molecule has 1 aliphatic carbocycles. The average Bonchev–Trinajstić information content (AvgIpc) is 3.44. The predicted molar refractivity (Wildman–Crippen MR) is 306 cm³/mol. The lowest BCUT2D eigenvalue weighted by Gasteiger charge is -2.38. The van der Waals surface area contributed by atoms with Crippen LogP contribution in [-0.2, 0) is 0 Å². The number of aryl methyl sites for hydroxylation is 2. The molecule has 0 aromatic heterocycles. The van der Waals surface area contributed by atoms with Crippen molar-refractivity contribution >= 4 is 55.7 Å². The fourth-order valence-corrected chi connectivity index (χ4v) is 11.4. The van der Waals surface area contributed by atoms with Gasteiger partial charge in [0, 0.05) is 34.1 Å². The molecule has 0 radical (unpaired) electrons. The van der Waals surface area contributed by atoms with Gasteiger partial charge in [-0.2, -0.15) is 0 Å². The second-order valence-corrected chi connectivity index (χ2v) is 18.8. The van der Waals surface area contributed by atoms with Crippen molar-refractivity contribution in [1.82, 2.24) is 0 Å². The van der Waals surface area contributed by atoms with E-state index in [-0.39, 0.29) is 0 Å². The topological polar surface area (TPSA) is 6.48 Å². The van der Waals surface area contributed by atoms with Crippen LogP contribution in [0.1, 0.15) is 11.1 Å². The number of anilines is 6. The largest absolute Gasteiger partial charge is 0.310 e. The Morgan fingerprint density at radius 1 is 0.208 bits per heavy atom. The van der Waals surface area contributed by atoms with Crippen LogP contribution >= 0.6 is 0 Å². The Hall–Kier alpha value is -9.24. The number of benzene rings is 12. The highest BCUT2D eigenvalue weighted by Gasteiger charge is 2.39. The first-order chi connectivity index (χ1) is 35.6. The Morgan fingerprint density at radius 2 is 0.472 bits per heavy atom. The van der Waals surface area contributed by atoms with E-state index in [9.17, 15) is 0 Å². The van der Waals surface area contributed by atoms with E-state index in [1.54, 1.807) is 0 Å². The quantitative estimate of drug-likeness (QED) is 0.135. The van der Waals surface area contributed by atoms with Gasteiger partial charge in [0.05, 0.1) is 0 Å². The summed E-state index contributed by atoms with van der Waals surface area (Å²) in [5.74, 6) is 0. The minimum atomic E-state index is 1.10. The standard InChI is InChI=1S/C70H50N2/c1-47-25-21-23-39-61(47)71(53-35-17-7-18-36-53)55-41-43-57-59(45-55)65(51-31-13-5-14-32-51)69-67(63(57)49-27-9-3-10-28-49)68-64(50-29-11-4-12-30-50)58-44-42-56(46-60(58)66(70(68)69)52-33-15-6-16-34-52)72(54-37-19-8-20-38-54)62-40-24-22-26-48(62)2/h3-46H,1-2H3. The number of fused-ring (bicyclic) bond motifs is 6. The maximum Gasteiger partial charge on any atom is 0.0490 e. The van der Waals surface area contributed by atoms with Crippen molar-refractivity contribution in [2.45, 2.75) is 13.8 Å². The molecule has 72 heavy (non-hydrogen) atoms. The lowest BCUT2D eigenvalue weighted by molar-refractivity contribution is 1.25. The van der Waals surface area contributed by atoms with Gasteiger partial charge in [0.1, 0.15) is 0 Å². The molecule has 2 heteroatoms. The second-order valence-electron chi connectivity index (χ2n) is 18.8. The molecule has 0 heterocycles. The number of para-hydroxylation sites is 4. The van der Waals surface area contributed by atoms with Gasteiger partial charge in [0.15, 0.2) is 0 Å². The Morgan fingerprint density at radius 3 is 0.778 bits per heavy atom. The van der Waals surface area contributed by atoms with Crippen LogP contribution in [0.5, 0.6) is 0 Å². The lowest BCUT2D eigenvalue weighted by Crippen LogP contribution is -2.13. The van der Waals surface area contributed by atoms with Crippen LogP contribution in [0.2, 0.25) is 0 Å². The van der Waals surface area contributed by atoms with Crippen LogP contribution in [0.25, 0.3) is 88.3 Å². The molecule has 340 valence electrons. The van der Waals surface area contributed by atoms with Crippen LogP contribution in [-0.4, -0.2) is 0 Å². The summed E-state index contributed by atoms with van der Waals surface area (Å²) in [6.07, 6.45) is 0. The minimum Gasteiger partial charge on any atom is -0.310 e. The van der Waals surface area contributed by atoms with E-state index in [4.69, 9.17) is 0 Å². The molecule has 0 spiro atoms. The molecule has 0 aliphatic heterocycles. The first kappa shape index (κ1) is 42.8. The zero-order valence-electron chi connectivity index (χ0n) is 40.3. The summed E-state index contributed by atoms with van der Waals surface area (Å²) in [5.41, 5.74) is 24.1. The SMILES string of the molecule is Cc1ccccc1N(c1ccccc1)c1ccc2c(-c3ccccc3)c3c(c(-c4ccccc4)c2c1)-c1c-3c(-c2ccccc2)c2ccc(N(c3ccccc3)c3ccccc3C)cc2c1-c1ccccc1. The first-order valence-corrected chi connectivity index (χ1v) is 24.9. The van der Waals surface area contributed by atoms with Gasteiger partial charge in [-0.25, -0.2) is 0 Å². The zero-order chi connectivity index (χ0) is 48.1. The van der Waals surface area contributed by atoms with E-state index in [2.05, 4.69) is 291 Å². The third kappa shape index (κ3) is 7.10. The lowest BCUT2D eigenvalue weighted by atomic mass is 9.65. The normalized spacial score (nSPS) is 11.5. The van der Waals surface area contributed by atoms with Gasteiger partial charge in [0.25, 0.3) is 0 Å². The molecule has 0 atom stereocenters. The maximum absolute atomic E-state index is 2.46. The van der Waals surface area contributed by atoms with Crippen molar-refractivity contribution in [3.05, 3.63) is 278 Å². The van der Waals surface area contributed by atoms with Crippen molar-refractivity contribution in [2.75, 3.05) is 9.80 Å². The van der Waals surface area contributed by atoms with E-state index < -0.39 is 0 Å². The Kier molecular flexibility index (Phi) is 10.7.